The predicted molar refractivity (Wildman–Crippen MR) is 93.9 cm³/mol. The summed E-state index contributed by atoms with van der Waals surface area (Å²) < 4.78 is 0. The maximum Gasteiger partial charge on any atom is 0.326 e. The Labute approximate surface area is 148 Å². The Balaban J connectivity index is 2.00. The molecular formula is C19H26N2O4. The zero-order chi connectivity index (χ0) is 18.4. The number of rotatable bonds is 7. The molecule has 2 rings (SSSR count). The van der Waals surface area contributed by atoms with E-state index in [0.717, 1.165) is 12.0 Å². The number of likely N-dealkylation sites (tertiary alicyclic amines) is 1. The maximum absolute atomic E-state index is 12.6. The number of hydrogen-bond donors (Lipinski definition) is 2. The number of benzene rings is 1. The SMILES string of the molecule is CC(C)C[C@@H](NC(=O)C1CCCN1C(=O)Cc1ccccc1)C(=O)O. The van der Waals surface area contributed by atoms with Gasteiger partial charge in [0, 0.05) is 6.54 Å². The molecule has 1 aliphatic heterocycles. The molecule has 1 fully saturated rings. The molecule has 1 aromatic rings. The van der Waals surface area contributed by atoms with E-state index in [1.54, 1.807) is 4.90 Å². The van der Waals surface area contributed by atoms with E-state index >= 15 is 0 Å². The third kappa shape index (κ3) is 5.31. The molecule has 0 radical (unpaired) electrons. The van der Waals surface area contributed by atoms with Crippen LogP contribution in [0.15, 0.2) is 30.3 Å². The van der Waals surface area contributed by atoms with Crippen LogP contribution in [-0.4, -0.2) is 46.4 Å². The summed E-state index contributed by atoms with van der Waals surface area (Å²) >= 11 is 0. The van der Waals surface area contributed by atoms with E-state index in [1.807, 2.05) is 44.2 Å². The van der Waals surface area contributed by atoms with Crippen molar-refractivity contribution in [2.24, 2.45) is 5.92 Å². The number of nitrogens with one attached hydrogen (secondary N) is 1. The molecule has 25 heavy (non-hydrogen) atoms. The topological polar surface area (TPSA) is 86.7 Å². The molecule has 6 heteroatoms. The van der Waals surface area contributed by atoms with Crippen LogP contribution in [0, 0.1) is 5.92 Å². The highest BCUT2D eigenvalue weighted by Crippen LogP contribution is 2.19. The van der Waals surface area contributed by atoms with Gasteiger partial charge in [0.1, 0.15) is 12.1 Å². The number of carboxylic acids is 1. The van der Waals surface area contributed by atoms with Gasteiger partial charge in [0.05, 0.1) is 6.42 Å². The van der Waals surface area contributed by atoms with Crippen LogP contribution >= 0.6 is 0 Å². The first-order valence-corrected chi connectivity index (χ1v) is 8.75. The molecule has 2 atom stereocenters. The van der Waals surface area contributed by atoms with Gasteiger partial charge < -0.3 is 15.3 Å². The number of amides is 2. The fourth-order valence-corrected chi connectivity index (χ4v) is 3.17. The van der Waals surface area contributed by atoms with Gasteiger partial charge in [-0.1, -0.05) is 44.2 Å². The Morgan fingerprint density at radius 1 is 1.24 bits per heavy atom. The van der Waals surface area contributed by atoms with Crippen molar-refractivity contribution in [1.82, 2.24) is 10.2 Å². The minimum absolute atomic E-state index is 0.0976. The highest BCUT2D eigenvalue weighted by atomic mass is 16.4. The van der Waals surface area contributed by atoms with Gasteiger partial charge in [0.25, 0.3) is 0 Å². The second kappa shape index (κ2) is 8.65. The van der Waals surface area contributed by atoms with Gasteiger partial charge in [-0.25, -0.2) is 4.79 Å². The molecule has 1 unspecified atom stereocenters. The molecule has 0 bridgehead atoms. The second-order valence-corrected chi connectivity index (χ2v) is 6.94. The summed E-state index contributed by atoms with van der Waals surface area (Å²) in [4.78, 5) is 38.0. The van der Waals surface area contributed by atoms with Gasteiger partial charge >= 0.3 is 5.97 Å². The van der Waals surface area contributed by atoms with E-state index in [2.05, 4.69) is 5.32 Å². The predicted octanol–water partition coefficient (Wildman–Crippen LogP) is 1.84. The molecular weight excluding hydrogens is 320 g/mol. The van der Waals surface area contributed by atoms with Gasteiger partial charge in [0.2, 0.25) is 11.8 Å². The van der Waals surface area contributed by atoms with Crippen LogP contribution in [0.4, 0.5) is 0 Å². The quantitative estimate of drug-likeness (QED) is 0.789. The average molecular weight is 346 g/mol. The maximum atomic E-state index is 12.6. The molecule has 1 heterocycles. The van der Waals surface area contributed by atoms with Crippen LogP contribution < -0.4 is 5.32 Å². The molecule has 0 spiro atoms. The first kappa shape index (κ1) is 19.0. The molecule has 0 aromatic heterocycles. The summed E-state index contributed by atoms with van der Waals surface area (Å²) in [7, 11) is 0. The van der Waals surface area contributed by atoms with Gasteiger partial charge in [0.15, 0.2) is 0 Å². The van der Waals surface area contributed by atoms with Gasteiger partial charge in [-0.2, -0.15) is 0 Å². The Morgan fingerprint density at radius 2 is 1.92 bits per heavy atom. The Hall–Kier alpha value is -2.37. The van der Waals surface area contributed by atoms with Crippen LogP contribution in [0.5, 0.6) is 0 Å². The van der Waals surface area contributed by atoms with E-state index in [-0.39, 0.29) is 24.2 Å². The van der Waals surface area contributed by atoms with Crippen molar-refractivity contribution in [3.8, 4) is 0 Å². The summed E-state index contributed by atoms with van der Waals surface area (Å²) in [6.45, 7) is 4.35. The Kier molecular flexibility index (Phi) is 6.56. The third-order valence-corrected chi connectivity index (χ3v) is 4.40. The van der Waals surface area contributed by atoms with Crippen molar-refractivity contribution in [3.63, 3.8) is 0 Å². The van der Waals surface area contributed by atoms with E-state index in [9.17, 15) is 19.5 Å². The minimum atomic E-state index is -1.04. The number of aliphatic carboxylic acids is 1. The molecule has 1 saturated heterocycles. The van der Waals surface area contributed by atoms with Crippen molar-refractivity contribution in [3.05, 3.63) is 35.9 Å². The molecule has 2 amide bonds. The lowest BCUT2D eigenvalue weighted by atomic mass is 10.0. The fraction of sp³-hybridized carbons (Fsp3) is 0.526. The smallest absolute Gasteiger partial charge is 0.326 e. The normalized spacial score (nSPS) is 18.2. The van der Waals surface area contributed by atoms with E-state index in [1.165, 1.54) is 0 Å². The van der Waals surface area contributed by atoms with Crippen molar-refractivity contribution in [2.45, 2.75) is 51.6 Å². The second-order valence-electron chi connectivity index (χ2n) is 6.94. The first-order chi connectivity index (χ1) is 11.9. The minimum Gasteiger partial charge on any atom is -0.480 e. The number of nitrogens with zero attached hydrogens (tertiary/aromatic N) is 1. The van der Waals surface area contributed by atoms with E-state index in [4.69, 9.17) is 0 Å². The number of carboxylic acid groups (broad SMARTS) is 1. The molecule has 1 aromatic carbocycles. The number of carbonyl (C=O) groups excluding carboxylic acids is 2. The van der Waals surface area contributed by atoms with Crippen LogP contribution in [0.1, 0.15) is 38.7 Å². The largest absolute Gasteiger partial charge is 0.480 e. The monoisotopic (exact) mass is 346 g/mol. The highest BCUT2D eigenvalue weighted by molar-refractivity contribution is 5.91. The number of hydrogen-bond acceptors (Lipinski definition) is 3. The summed E-state index contributed by atoms with van der Waals surface area (Å²) in [6, 6.07) is 7.91. The molecule has 6 nitrogen and oxygen atoms in total. The van der Waals surface area contributed by atoms with Crippen molar-refractivity contribution in [2.75, 3.05) is 6.54 Å². The van der Waals surface area contributed by atoms with Gasteiger partial charge in [-0.15, -0.1) is 0 Å². The van der Waals surface area contributed by atoms with Crippen LogP contribution in [0.25, 0.3) is 0 Å². The lowest BCUT2D eigenvalue weighted by molar-refractivity contribution is -0.144. The highest BCUT2D eigenvalue weighted by Gasteiger charge is 2.35. The van der Waals surface area contributed by atoms with Crippen LogP contribution in [0.3, 0.4) is 0 Å². The zero-order valence-corrected chi connectivity index (χ0v) is 14.8. The third-order valence-electron chi connectivity index (χ3n) is 4.40. The summed E-state index contributed by atoms with van der Waals surface area (Å²) in [6.07, 6.45) is 1.94. The average Bonchev–Trinajstić information content (AvgIpc) is 3.04. The first-order valence-electron chi connectivity index (χ1n) is 8.75. The van der Waals surface area contributed by atoms with Crippen molar-refractivity contribution < 1.29 is 19.5 Å². The van der Waals surface area contributed by atoms with E-state index < -0.39 is 18.1 Å². The van der Waals surface area contributed by atoms with Gasteiger partial charge in [-0.3, -0.25) is 9.59 Å². The summed E-state index contributed by atoms with van der Waals surface area (Å²) in [5.41, 5.74) is 0.904. The van der Waals surface area contributed by atoms with Gasteiger partial charge in [-0.05, 0) is 30.7 Å². The van der Waals surface area contributed by atoms with Crippen LogP contribution in [-0.2, 0) is 20.8 Å². The van der Waals surface area contributed by atoms with Crippen molar-refractivity contribution >= 4 is 17.8 Å². The van der Waals surface area contributed by atoms with Crippen LogP contribution in [0.2, 0.25) is 0 Å². The standard InChI is InChI=1S/C19H26N2O4/c1-13(2)11-15(19(24)25)20-18(23)16-9-6-10-21(16)17(22)12-14-7-4-3-5-8-14/h3-5,7-8,13,15-16H,6,9-12H2,1-2H3,(H,20,23)(H,24,25)/t15-,16?/m1/s1. The number of carbonyl (C=O) groups is 3. The Bertz CT molecular complexity index is 615. The fourth-order valence-electron chi connectivity index (χ4n) is 3.17. The molecule has 2 N–H and O–H groups in total. The summed E-state index contributed by atoms with van der Waals surface area (Å²) in [5, 5.41) is 11.9. The lowest BCUT2D eigenvalue weighted by Gasteiger charge is -2.26. The summed E-state index contributed by atoms with van der Waals surface area (Å²) in [5.74, 6) is -1.35. The zero-order valence-electron chi connectivity index (χ0n) is 14.8. The molecule has 0 saturated carbocycles. The molecule has 136 valence electrons. The lowest BCUT2D eigenvalue weighted by Crippen LogP contribution is -2.51. The molecule has 0 aliphatic carbocycles. The Morgan fingerprint density at radius 3 is 2.52 bits per heavy atom. The van der Waals surface area contributed by atoms with E-state index in [0.29, 0.717) is 19.4 Å². The molecule has 1 aliphatic rings. The van der Waals surface area contributed by atoms with Crippen molar-refractivity contribution in [1.29, 1.82) is 0 Å².